The van der Waals surface area contributed by atoms with Gasteiger partial charge < -0.3 is 10.1 Å². The number of benzene rings is 2. The van der Waals surface area contributed by atoms with Crippen molar-refractivity contribution in [3.05, 3.63) is 84.7 Å². The monoisotopic (exact) mass is 431 g/mol. The molecule has 0 aliphatic carbocycles. The largest absolute Gasteiger partial charge is 0.497 e. The normalized spacial score (nSPS) is 10.6. The molecule has 31 heavy (non-hydrogen) atoms. The zero-order valence-corrected chi connectivity index (χ0v) is 17.7. The van der Waals surface area contributed by atoms with Crippen molar-refractivity contribution in [2.45, 2.75) is 11.7 Å². The molecular formula is C23H21N5O2S. The van der Waals surface area contributed by atoms with Gasteiger partial charge in [-0.25, -0.2) is 0 Å². The predicted molar refractivity (Wildman–Crippen MR) is 120 cm³/mol. The zero-order valence-electron chi connectivity index (χ0n) is 16.9. The summed E-state index contributed by atoms with van der Waals surface area (Å²) in [5.41, 5.74) is 2.61. The Labute approximate surface area is 184 Å². The lowest BCUT2D eigenvalue weighted by molar-refractivity contribution is -0.118. The molecule has 1 amide bonds. The van der Waals surface area contributed by atoms with Crippen molar-refractivity contribution in [2.24, 2.45) is 0 Å². The van der Waals surface area contributed by atoms with Crippen molar-refractivity contribution in [3.8, 4) is 22.8 Å². The fourth-order valence-corrected chi connectivity index (χ4v) is 3.78. The van der Waals surface area contributed by atoms with E-state index in [9.17, 15) is 4.79 Å². The Hall–Kier alpha value is -3.65. The Morgan fingerprint density at radius 1 is 1.03 bits per heavy atom. The highest BCUT2D eigenvalue weighted by atomic mass is 32.2. The number of ether oxygens (including phenoxy) is 1. The minimum absolute atomic E-state index is 0.0961. The average molecular weight is 432 g/mol. The third kappa shape index (κ3) is 5.10. The molecule has 0 spiro atoms. The molecule has 2 aromatic carbocycles. The Morgan fingerprint density at radius 3 is 2.65 bits per heavy atom. The Bertz CT molecular complexity index is 1150. The first-order valence-electron chi connectivity index (χ1n) is 9.69. The lowest BCUT2D eigenvalue weighted by Crippen LogP contribution is -2.25. The molecule has 4 rings (SSSR count). The number of nitrogens with zero attached hydrogens (tertiary/aromatic N) is 4. The summed E-state index contributed by atoms with van der Waals surface area (Å²) in [6.07, 6.45) is 1.71. The molecule has 4 aromatic rings. The van der Waals surface area contributed by atoms with Crippen molar-refractivity contribution in [1.29, 1.82) is 0 Å². The van der Waals surface area contributed by atoms with Gasteiger partial charge in [-0.05, 0) is 36.4 Å². The third-order valence-electron chi connectivity index (χ3n) is 4.50. The minimum atomic E-state index is -0.0961. The van der Waals surface area contributed by atoms with Gasteiger partial charge in [0.05, 0.1) is 25.1 Å². The van der Waals surface area contributed by atoms with Crippen LogP contribution in [0.2, 0.25) is 0 Å². The van der Waals surface area contributed by atoms with Crippen molar-refractivity contribution < 1.29 is 9.53 Å². The maximum Gasteiger partial charge on any atom is 0.230 e. The van der Waals surface area contributed by atoms with E-state index in [0.29, 0.717) is 17.5 Å². The molecule has 1 N–H and O–H groups in total. The number of pyridine rings is 1. The SMILES string of the molecule is COc1cccc(-c2nnc(SCC(=O)NCc3ccccn3)n2-c2ccccc2)c1. The van der Waals surface area contributed by atoms with Crippen LogP contribution in [0.3, 0.4) is 0 Å². The van der Waals surface area contributed by atoms with E-state index in [1.54, 1.807) is 13.3 Å². The van der Waals surface area contributed by atoms with Crippen molar-refractivity contribution in [2.75, 3.05) is 12.9 Å². The molecule has 2 aromatic heterocycles. The van der Waals surface area contributed by atoms with Crippen LogP contribution in [-0.2, 0) is 11.3 Å². The molecule has 0 radical (unpaired) electrons. The molecule has 0 saturated heterocycles. The van der Waals surface area contributed by atoms with Gasteiger partial charge in [-0.3, -0.25) is 14.3 Å². The summed E-state index contributed by atoms with van der Waals surface area (Å²) in [6.45, 7) is 0.390. The highest BCUT2D eigenvalue weighted by molar-refractivity contribution is 7.99. The van der Waals surface area contributed by atoms with Crippen LogP contribution in [-0.4, -0.2) is 38.5 Å². The second-order valence-electron chi connectivity index (χ2n) is 6.60. The van der Waals surface area contributed by atoms with Crippen LogP contribution in [0.1, 0.15) is 5.69 Å². The fourth-order valence-electron chi connectivity index (χ4n) is 3.00. The van der Waals surface area contributed by atoms with Crippen LogP contribution in [0.25, 0.3) is 17.1 Å². The molecule has 156 valence electrons. The number of carbonyl (C=O) groups is 1. The van der Waals surface area contributed by atoms with E-state index >= 15 is 0 Å². The van der Waals surface area contributed by atoms with Crippen LogP contribution in [0.4, 0.5) is 0 Å². The molecular weight excluding hydrogens is 410 g/mol. The number of nitrogens with one attached hydrogen (secondary N) is 1. The molecule has 0 fully saturated rings. The molecule has 0 aliphatic rings. The van der Waals surface area contributed by atoms with Gasteiger partial charge in [0.2, 0.25) is 5.91 Å². The minimum Gasteiger partial charge on any atom is -0.497 e. The number of methoxy groups -OCH3 is 1. The quantitative estimate of drug-likeness (QED) is 0.428. The van der Waals surface area contributed by atoms with Crippen molar-refractivity contribution in [3.63, 3.8) is 0 Å². The first-order valence-corrected chi connectivity index (χ1v) is 10.7. The number of rotatable bonds is 8. The van der Waals surface area contributed by atoms with Gasteiger partial charge in [-0.15, -0.1) is 10.2 Å². The molecule has 0 unspecified atom stereocenters. The Kier molecular flexibility index (Phi) is 6.59. The predicted octanol–water partition coefficient (Wildman–Crippen LogP) is 3.75. The van der Waals surface area contributed by atoms with E-state index in [0.717, 1.165) is 22.7 Å². The van der Waals surface area contributed by atoms with Crippen LogP contribution in [0.15, 0.2) is 84.1 Å². The number of aromatic nitrogens is 4. The summed E-state index contributed by atoms with van der Waals surface area (Å²) < 4.78 is 7.30. The molecule has 0 atom stereocenters. The molecule has 7 nitrogen and oxygen atoms in total. The van der Waals surface area contributed by atoms with Crippen LogP contribution in [0.5, 0.6) is 5.75 Å². The summed E-state index contributed by atoms with van der Waals surface area (Å²) in [4.78, 5) is 16.6. The lowest BCUT2D eigenvalue weighted by Gasteiger charge is -2.11. The van der Waals surface area contributed by atoms with Gasteiger partial charge in [0.15, 0.2) is 11.0 Å². The van der Waals surface area contributed by atoms with Gasteiger partial charge in [0.1, 0.15) is 5.75 Å². The summed E-state index contributed by atoms with van der Waals surface area (Å²) in [5, 5.41) is 12.3. The van der Waals surface area contributed by atoms with Crippen molar-refractivity contribution in [1.82, 2.24) is 25.1 Å². The molecule has 0 aliphatic heterocycles. The summed E-state index contributed by atoms with van der Waals surface area (Å²) >= 11 is 1.34. The number of hydrogen-bond donors (Lipinski definition) is 1. The summed E-state index contributed by atoms with van der Waals surface area (Å²) in [6, 6.07) is 23.1. The second kappa shape index (κ2) is 9.90. The fraction of sp³-hybridized carbons (Fsp3) is 0.130. The van der Waals surface area contributed by atoms with Gasteiger partial charge in [0.25, 0.3) is 0 Å². The second-order valence-corrected chi connectivity index (χ2v) is 7.54. The van der Waals surface area contributed by atoms with E-state index in [1.807, 2.05) is 77.4 Å². The summed E-state index contributed by atoms with van der Waals surface area (Å²) in [7, 11) is 1.63. The number of thioether (sulfide) groups is 1. The van der Waals surface area contributed by atoms with Crippen LogP contribution >= 0.6 is 11.8 Å². The molecule has 0 bridgehead atoms. The number of carbonyl (C=O) groups excluding carboxylic acids is 1. The summed E-state index contributed by atoms with van der Waals surface area (Å²) in [5.74, 6) is 1.54. The highest BCUT2D eigenvalue weighted by Crippen LogP contribution is 2.29. The van der Waals surface area contributed by atoms with Gasteiger partial charge in [-0.1, -0.05) is 48.2 Å². The lowest BCUT2D eigenvalue weighted by atomic mass is 10.2. The maximum atomic E-state index is 12.4. The molecule has 8 heteroatoms. The maximum absolute atomic E-state index is 12.4. The first kappa shape index (κ1) is 20.6. The van der Waals surface area contributed by atoms with E-state index < -0.39 is 0 Å². The van der Waals surface area contributed by atoms with Gasteiger partial charge in [0, 0.05) is 17.4 Å². The number of para-hydroxylation sites is 1. The molecule has 0 saturated carbocycles. The third-order valence-corrected chi connectivity index (χ3v) is 5.43. The number of hydrogen-bond acceptors (Lipinski definition) is 6. The van der Waals surface area contributed by atoms with E-state index in [1.165, 1.54) is 11.8 Å². The highest BCUT2D eigenvalue weighted by Gasteiger charge is 2.17. The Balaban J connectivity index is 1.55. The first-order chi connectivity index (χ1) is 15.2. The van der Waals surface area contributed by atoms with Crippen molar-refractivity contribution >= 4 is 17.7 Å². The standard InChI is InChI=1S/C23H21N5O2S/c1-30-20-12-7-8-17(14-20)22-26-27-23(28(22)19-10-3-2-4-11-19)31-16-21(29)25-15-18-9-5-6-13-24-18/h2-14H,15-16H2,1H3,(H,25,29). The van der Waals surface area contributed by atoms with Gasteiger partial charge >= 0.3 is 0 Å². The van der Waals surface area contributed by atoms with Crippen LogP contribution < -0.4 is 10.1 Å². The van der Waals surface area contributed by atoms with Gasteiger partial charge in [-0.2, -0.15) is 0 Å². The molecule has 2 heterocycles. The van der Waals surface area contributed by atoms with E-state index in [-0.39, 0.29) is 11.7 Å². The van der Waals surface area contributed by atoms with E-state index in [2.05, 4.69) is 20.5 Å². The Morgan fingerprint density at radius 2 is 1.87 bits per heavy atom. The number of amides is 1. The zero-order chi connectivity index (χ0) is 21.5. The van der Waals surface area contributed by atoms with Crippen LogP contribution in [0, 0.1) is 0 Å². The average Bonchev–Trinajstić information content (AvgIpc) is 3.26. The topological polar surface area (TPSA) is 81.9 Å². The van der Waals surface area contributed by atoms with E-state index in [4.69, 9.17) is 4.74 Å². The smallest absolute Gasteiger partial charge is 0.230 e.